The normalized spacial score (nSPS) is 13.7. The maximum Gasteiger partial charge on any atom is 0.0553 e. The monoisotopic (exact) mass is 302 g/mol. The molecule has 1 rings (SSSR count). The van der Waals surface area contributed by atoms with E-state index in [4.69, 9.17) is 4.74 Å². The first-order valence-electron chi connectivity index (χ1n) is 5.58. The largest absolute Gasteiger partial charge is 0.395 e. The number of aliphatic hydroxyl groups excluding tert-OH is 2. The molecule has 0 heterocycles. The lowest BCUT2D eigenvalue weighted by Gasteiger charge is -2.32. The molecule has 3 nitrogen and oxygen atoms in total. The number of hydrogen-bond acceptors (Lipinski definition) is 3. The van der Waals surface area contributed by atoms with Crippen molar-refractivity contribution in [2.45, 2.75) is 24.9 Å². The first-order chi connectivity index (χ1) is 8.07. The highest BCUT2D eigenvalue weighted by molar-refractivity contribution is 9.10. The molecule has 0 aliphatic carbocycles. The molecule has 17 heavy (non-hydrogen) atoms. The van der Waals surface area contributed by atoms with Gasteiger partial charge in [-0.05, 0) is 31.0 Å². The van der Waals surface area contributed by atoms with Crippen molar-refractivity contribution in [3.63, 3.8) is 0 Å². The molecule has 1 unspecified atom stereocenters. The van der Waals surface area contributed by atoms with Gasteiger partial charge in [-0.1, -0.05) is 28.1 Å². The number of benzene rings is 1. The number of aliphatic hydroxyl groups is 2. The zero-order valence-electron chi connectivity index (χ0n) is 10.2. The van der Waals surface area contributed by atoms with Crippen LogP contribution in [0.25, 0.3) is 0 Å². The summed E-state index contributed by atoms with van der Waals surface area (Å²) < 4.78 is 6.16. The molecular formula is C13H19BrO3. The number of halogens is 1. The number of ether oxygens (including phenoxy) is 1. The van der Waals surface area contributed by atoms with Crippen molar-refractivity contribution in [3.8, 4) is 0 Å². The quantitative estimate of drug-likeness (QED) is 0.846. The number of methoxy groups -OCH3 is 1. The lowest BCUT2D eigenvalue weighted by molar-refractivity contribution is 0.0405. The van der Waals surface area contributed by atoms with E-state index < -0.39 is 5.41 Å². The summed E-state index contributed by atoms with van der Waals surface area (Å²) in [5, 5.41) is 19.3. The summed E-state index contributed by atoms with van der Waals surface area (Å²) in [5.74, 6) is 0. The molecule has 0 aromatic heterocycles. The van der Waals surface area contributed by atoms with Crippen molar-refractivity contribution in [2.75, 3.05) is 20.3 Å². The Bertz CT molecular complexity index is 350. The van der Waals surface area contributed by atoms with Gasteiger partial charge in [-0.15, -0.1) is 0 Å². The van der Waals surface area contributed by atoms with Crippen LogP contribution in [-0.4, -0.2) is 36.6 Å². The molecule has 0 spiro atoms. The van der Waals surface area contributed by atoms with Crippen molar-refractivity contribution in [1.82, 2.24) is 0 Å². The molecule has 0 saturated heterocycles. The topological polar surface area (TPSA) is 49.7 Å². The predicted octanol–water partition coefficient (Wildman–Crippen LogP) is 2.10. The fraction of sp³-hybridized carbons (Fsp3) is 0.538. The average molecular weight is 303 g/mol. The van der Waals surface area contributed by atoms with Gasteiger partial charge in [-0.3, -0.25) is 0 Å². The molecule has 0 bridgehead atoms. The fourth-order valence-electron chi connectivity index (χ4n) is 1.93. The van der Waals surface area contributed by atoms with Crippen LogP contribution in [0.3, 0.4) is 0 Å². The molecule has 96 valence electrons. The molecule has 0 aliphatic rings. The molecule has 1 atom stereocenters. The second-order valence-electron chi connectivity index (χ2n) is 4.36. The van der Waals surface area contributed by atoms with E-state index in [9.17, 15) is 10.2 Å². The molecule has 4 heteroatoms. The van der Waals surface area contributed by atoms with E-state index in [1.165, 1.54) is 0 Å². The zero-order chi connectivity index (χ0) is 12.9. The second kappa shape index (κ2) is 6.50. The minimum absolute atomic E-state index is 0.0201. The van der Waals surface area contributed by atoms with Crippen LogP contribution in [0, 0.1) is 0 Å². The Hall–Kier alpha value is -0.420. The van der Waals surface area contributed by atoms with E-state index in [1.807, 2.05) is 31.2 Å². The van der Waals surface area contributed by atoms with E-state index in [-0.39, 0.29) is 19.3 Å². The van der Waals surface area contributed by atoms with Crippen LogP contribution < -0.4 is 0 Å². The van der Waals surface area contributed by atoms with Crippen molar-refractivity contribution >= 4 is 15.9 Å². The summed E-state index contributed by atoms with van der Waals surface area (Å²) in [6.45, 7) is 1.72. The minimum atomic E-state index is -0.654. The minimum Gasteiger partial charge on any atom is -0.395 e. The van der Waals surface area contributed by atoms with Crippen molar-refractivity contribution in [2.24, 2.45) is 0 Å². The highest BCUT2D eigenvalue weighted by Crippen LogP contribution is 2.31. The second-order valence-corrected chi connectivity index (χ2v) is 5.27. The zero-order valence-corrected chi connectivity index (χ0v) is 11.8. The van der Waals surface area contributed by atoms with Crippen LogP contribution in [0.5, 0.6) is 0 Å². The molecule has 0 saturated carbocycles. The first kappa shape index (κ1) is 14.6. The molecule has 2 N–H and O–H groups in total. The van der Waals surface area contributed by atoms with Crippen LogP contribution in [0.1, 0.15) is 18.9 Å². The van der Waals surface area contributed by atoms with Gasteiger partial charge in [0.2, 0.25) is 0 Å². The van der Waals surface area contributed by atoms with Gasteiger partial charge in [0.25, 0.3) is 0 Å². The molecule has 1 aromatic carbocycles. The number of rotatable bonds is 6. The summed E-state index contributed by atoms with van der Waals surface area (Å²) in [6, 6.07) is 7.66. The summed E-state index contributed by atoms with van der Waals surface area (Å²) in [6.07, 6.45) is 0.556. The average Bonchev–Trinajstić information content (AvgIpc) is 2.35. The smallest absolute Gasteiger partial charge is 0.0553 e. The summed E-state index contributed by atoms with van der Waals surface area (Å²) in [5.41, 5.74) is 0.264. The van der Waals surface area contributed by atoms with E-state index in [0.29, 0.717) is 6.42 Å². The van der Waals surface area contributed by atoms with Gasteiger partial charge in [0, 0.05) is 17.0 Å². The lowest BCUT2D eigenvalue weighted by Crippen LogP contribution is -2.38. The molecule has 1 aromatic rings. The highest BCUT2D eigenvalue weighted by Gasteiger charge is 2.33. The van der Waals surface area contributed by atoms with Crippen LogP contribution in [0.2, 0.25) is 0 Å². The van der Waals surface area contributed by atoms with E-state index in [0.717, 1.165) is 10.0 Å². The Morgan fingerprint density at radius 2 is 2.00 bits per heavy atom. The predicted molar refractivity (Wildman–Crippen MR) is 71.1 cm³/mol. The highest BCUT2D eigenvalue weighted by atomic mass is 79.9. The Morgan fingerprint density at radius 1 is 1.35 bits per heavy atom. The standard InChI is InChI=1S/C13H19BrO3/c1-10(17-2)7-13(8-15,9-16)11-4-3-5-12(14)6-11/h3-6,10,15-16H,7-9H2,1-2H3. The Balaban J connectivity index is 3.06. The SMILES string of the molecule is COC(C)CC(CO)(CO)c1cccc(Br)c1. The van der Waals surface area contributed by atoms with Crippen molar-refractivity contribution < 1.29 is 14.9 Å². The number of hydrogen-bond donors (Lipinski definition) is 2. The first-order valence-corrected chi connectivity index (χ1v) is 6.38. The van der Waals surface area contributed by atoms with E-state index in [2.05, 4.69) is 15.9 Å². The van der Waals surface area contributed by atoms with E-state index >= 15 is 0 Å². The van der Waals surface area contributed by atoms with Crippen molar-refractivity contribution in [1.29, 1.82) is 0 Å². The summed E-state index contributed by atoms with van der Waals surface area (Å²) >= 11 is 3.40. The van der Waals surface area contributed by atoms with Crippen LogP contribution in [-0.2, 0) is 10.2 Å². The van der Waals surface area contributed by atoms with Gasteiger partial charge in [0.1, 0.15) is 0 Å². The molecule has 0 aliphatic heterocycles. The van der Waals surface area contributed by atoms with Crippen LogP contribution >= 0.6 is 15.9 Å². The van der Waals surface area contributed by atoms with Gasteiger partial charge in [-0.2, -0.15) is 0 Å². The van der Waals surface area contributed by atoms with Gasteiger partial charge < -0.3 is 14.9 Å². The third kappa shape index (κ3) is 3.52. The van der Waals surface area contributed by atoms with Crippen LogP contribution in [0.4, 0.5) is 0 Å². The van der Waals surface area contributed by atoms with Gasteiger partial charge in [0.15, 0.2) is 0 Å². The third-order valence-electron chi connectivity index (χ3n) is 3.12. The molecule has 0 fully saturated rings. The van der Waals surface area contributed by atoms with Gasteiger partial charge in [0.05, 0.1) is 19.3 Å². The third-order valence-corrected chi connectivity index (χ3v) is 3.62. The summed E-state index contributed by atoms with van der Waals surface area (Å²) in [4.78, 5) is 0. The molecule has 0 radical (unpaired) electrons. The summed E-state index contributed by atoms with van der Waals surface area (Å²) in [7, 11) is 1.63. The van der Waals surface area contributed by atoms with Crippen LogP contribution in [0.15, 0.2) is 28.7 Å². The maximum absolute atomic E-state index is 9.63. The maximum atomic E-state index is 9.63. The fourth-order valence-corrected chi connectivity index (χ4v) is 2.33. The molecular weight excluding hydrogens is 284 g/mol. The Morgan fingerprint density at radius 3 is 2.47 bits per heavy atom. The molecule has 0 amide bonds. The Kier molecular flexibility index (Phi) is 5.59. The van der Waals surface area contributed by atoms with E-state index in [1.54, 1.807) is 7.11 Å². The van der Waals surface area contributed by atoms with Gasteiger partial charge >= 0.3 is 0 Å². The van der Waals surface area contributed by atoms with Gasteiger partial charge in [-0.25, -0.2) is 0 Å². The Labute approximate surface area is 111 Å². The lowest BCUT2D eigenvalue weighted by atomic mass is 9.77. The van der Waals surface area contributed by atoms with Crippen molar-refractivity contribution in [3.05, 3.63) is 34.3 Å².